The number of aliphatic hydroxyl groups is 1. The molecule has 1 aromatic heterocycles. The molecule has 0 aliphatic heterocycles. The molecule has 4 heteroatoms. The Morgan fingerprint density at radius 3 is 3.15 bits per heavy atom. The Labute approximate surface area is 121 Å². The second-order valence-corrected chi connectivity index (χ2v) is 5.91. The molecule has 114 valence electrons. The molecule has 0 saturated heterocycles. The number of aliphatic hydroxyl groups excluding tert-OH is 1. The van der Waals surface area contributed by atoms with E-state index in [9.17, 15) is 5.11 Å². The largest absolute Gasteiger partial charge is 0.469 e. The summed E-state index contributed by atoms with van der Waals surface area (Å²) in [5, 5.41) is 13.1. The van der Waals surface area contributed by atoms with E-state index in [1.807, 2.05) is 12.1 Å². The molecule has 2 N–H and O–H groups in total. The van der Waals surface area contributed by atoms with Crippen LogP contribution in [0.3, 0.4) is 0 Å². The average molecular weight is 281 g/mol. The zero-order chi connectivity index (χ0) is 14.2. The molecule has 0 bridgehead atoms. The van der Waals surface area contributed by atoms with Crippen LogP contribution in [-0.4, -0.2) is 37.0 Å². The van der Waals surface area contributed by atoms with Crippen LogP contribution in [0.25, 0.3) is 0 Å². The minimum atomic E-state index is -0.427. The summed E-state index contributed by atoms with van der Waals surface area (Å²) in [4.78, 5) is 0. The van der Waals surface area contributed by atoms with Crippen molar-refractivity contribution in [2.45, 2.75) is 51.2 Å². The zero-order valence-corrected chi connectivity index (χ0v) is 12.4. The van der Waals surface area contributed by atoms with Gasteiger partial charge in [0.1, 0.15) is 5.76 Å². The van der Waals surface area contributed by atoms with Crippen molar-refractivity contribution in [3.63, 3.8) is 0 Å². The second kappa shape index (κ2) is 8.45. The van der Waals surface area contributed by atoms with Crippen LogP contribution in [0, 0.1) is 5.92 Å². The van der Waals surface area contributed by atoms with Gasteiger partial charge in [0.25, 0.3) is 0 Å². The van der Waals surface area contributed by atoms with Gasteiger partial charge in [0.15, 0.2) is 0 Å². The van der Waals surface area contributed by atoms with Crippen LogP contribution >= 0.6 is 0 Å². The van der Waals surface area contributed by atoms with E-state index in [-0.39, 0.29) is 0 Å². The zero-order valence-electron chi connectivity index (χ0n) is 12.4. The third kappa shape index (κ3) is 5.65. The fourth-order valence-electron chi connectivity index (χ4n) is 2.77. The lowest BCUT2D eigenvalue weighted by molar-refractivity contribution is -0.0305. The molecule has 0 aromatic carbocycles. The lowest BCUT2D eigenvalue weighted by atomic mass is 9.89. The normalized spacial score (nSPS) is 24.7. The summed E-state index contributed by atoms with van der Waals surface area (Å²) < 4.78 is 11.1. The van der Waals surface area contributed by atoms with Crippen LogP contribution < -0.4 is 5.32 Å². The Bertz CT molecular complexity index is 353. The van der Waals surface area contributed by atoms with Gasteiger partial charge >= 0.3 is 0 Å². The number of hydrogen-bond donors (Lipinski definition) is 2. The molecule has 0 spiro atoms. The Balaban J connectivity index is 1.50. The van der Waals surface area contributed by atoms with Crippen LogP contribution in [0.4, 0.5) is 0 Å². The average Bonchev–Trinajstić information content (AvgIpc) is 2.95. The van der Waals surface area contributed by atoms with E-state index in [1.165, 1.54) is 12.8 Å². The lowest BCUT2D eigenvalue weighted by Gasteiger charge is -2.27. The highest BCUT2D eigenvalue weighted by atomic mass is 16.5. The van der Waals surface area contributed by atoms with E-state index in [4.69, 9.17) is 9.15 Å². The van der Waals surface area contributed by atoms with Crippen LogP contribution in [0.2, 0.25) is 0 Å². The Hall–Kier alpha value is -0.840. The van der Waals surface area contributed by atoms with Gasteiger partial charge < -0.3 is 19.6 Å². The molecule has 1 aromatic rings. The summed E-state index contributed by atoms with van der Waals surface area (Å²) in [5.41, 5.74) is 0. The topological polar surface area (TPSA) is 54.6 Å². The summed E-state index contributed by atoms with van der Waals surface area (Å²) in [7, 11) is 0. The van der Waals surface area contributed by atoms with E-state index in [0.717, 1.165) is 37.5 Å². The number of rotatable bonds is 8. The van der Waals surface area contributed by atoms with E-state index in [1.54, 1.807) is 6.26 Å². The quantitative estimate of drug-likeness (QED) is 0.718. The maximum atomic E-state index is 9.89. The van der Waals surface area contributed by atoms with Gasteiger partial charge in [-0.15, -0.1) is 0 Å². The Morgan fingerprint density at radius 2 is 2.40 bits per heavy atom. The molecule has 1 fully saturated rings. The van der Waals surface area contributed by atoms with Crippen molar-refractivity contribution >= 4 is 0 Å². The number of hydrogen-bond acceptors (Lipinski definition) is 4. The Kier molecular flexibility index (Phi) is 6.57. The first kappa shape index (κ1) is 15.5. The molecule has 3 atom stereocenters. The molecule has 3 unspecified atom stereocenters. The molecule has 0 amide bonds. The molecule has 1 aliphatic rings. The maximum absolute atomic E-state index is 9.89. The van der Waals surface area contributed by atoms with Gasteiger partial charge in [0.2, 0.25) is 0 Å². The van der Waals surface area contributed by atoms with E-state index < -0.39 is 6.10 Å². The lowest BCUT2D eigenvalue weighted by Crippen LogP contribution is -2.34. The molecule has 4 nitrogen and oxygen atoms in total. The minimum absolute atomic E-state index is 0.344. The third-order valence-corrected chi connectivity index (χ3v) is 3.92. The first-order valence-corrected chi connectivity index (χ1v) is 7.77. The fourth-order valence-corrected chi connectivity index (χ4v) is 2.77. The highest BCUT2D eigenvalue weighted by Gasteiger charge is 2.20. The van der Waals surface area contributed by atoms with Crippen LogP contribution in [0.5, 0.6) is 0 Å². The number of nitrogens with one attached hydrogen (secondary N) is 1. The van der Waals surface area contributed by atoms with E-state index in [0.29, 0.717) is 19.3 Å². The summed E-state index contributed by atoms with van der Waals surface area (Å²) in [6.45, 7) is 4.10. The molecule has 1 heterocycles. The second-order valence-electron chi connectivity index (χ2n) is 5.91. The highest BCUT2D eigenvalue weighted by Crippen LogP contribution is 2.25. The molecular weight excluding hydrogens is 254 g/mol. The van der Waals surface area contributed by atoms with Gasteiger partial charge in [-0.1, -0.05) is 19.8 Å². The van der Waals surface area contributed by atoms with Gasteiger partial charge in [-0.3, -0.25) is 0 Å². The molecule has 1 saturated carbocycles. The van der Waals surface area contributed by atoms with Gasteiger partial charge in [0, 0.05) is 19.5 Å². The third-order valence-electron chi connectivity index (χ3n) is 3.92. The van der Waals surface area contributed by atoms with Crippen molar-refractivity contribution in [1.82, 2.24) is 5.32 Å². The molecule has 2 rings (SSSR count). The van der Waals surface area contributed by atoms with Crippen molar-refractivity contribution in [2.24, 2.45) is 5.92 Å². The van der Waals surface area contributed by atoms with Gasteiger partial charge in [-0.25, -0.2) is 0 Å². The molecule has 20 heavy (non-hydrogen) atoms. The summed E-state index contributed by atoms with van der Waals surface area (Å²) in [6.07, 6.45) is 7.30. The Morgan fingerprint density at radius 1 is 1.50 bits per heavy atom. The van der Waals surface area contributed by atoms with Gasteiger partial charge in [-0.05, 0) is 30.9 Å². The van der Waals surface area contributed by atoms with Gasteiger partial charge in [0.05, 0.1) is 25.1 Å². The van der Waals surface area contributed by atoms with Crippen molar-refractivity contribution in [3.8, 4) is 0 Å². The molecule has 1 aliphatic carbocycles. The first-order chi connectivity index (χ1) is 9.74. The number of ether oxygens (including phenoxy) is 1. The van der Waals surface area contributed by atoms with Crippen LogP contribution in [-0.2, 0) is 11.2 Å². The van der Waals surface area contributed by atoms with Crippen molar-refractivity contribution in [2.75, 3.05) is 19.7 Å². The standard InChI is InChI=1S/C16H27NO3/c1-13-4-2-5-16(10-13)20-12-14(18)11-17-8-7-15-6-3-9-19-15/h3,6,9,13-14,16-18H,2,4-5,7-8,10-12H2,1H3. The predicted octanol–water partition coefficient (Wildman–Crippen LogP) is 2.37. The summed E-state index contributed by atoms with van der Waals surface area (Å²) in [5.74, 6) is 1.73. The van der Waals surface area contributed by atoms with Crippen LogP contribution in [0.15, 0.2) is 22.8 Å². The highest BCUT2D eigenvalue weighted by molar-refractivity contribution is 4.98. The maximum Gasteiger partial charge on any atom is 0.105 e. The van der Waals surface area contributed by atoms with Gasteiger partial charge in [-0.2, -0.15) is 0 Å². The van der Waals surface area contributed by atoms with Crippen LogP contribution in [0.1, 0.15) is 38.4 Å². The number of furan rings is 1. The SMILES string of the molecule is CC1CCCC(OCC(O)CNCCc2ccco2)C1. The summed E-state index contributed by atoms with van der Waals surface area (Å²) in [6, 6.07) is 3.86. The van der Waals surface area contributed by atoms with Crippen molar-refractivity contribution in [1.29, 1.82) is 0 Å². The van der Waals surface area contributed by atoms with E-state index in [2.05, 4.69) is 12.2 Å². The fraction of sp³-hybridized carbons (Fsp3) is 0.750. The van der Waals surface area contributed by atoms with Crippen molar-refractivity contribution in [3.05, 3.63) is 24.2 Å². The molecule has 0 radical (unpaired) electrons. The predicted molar refractivity (Wildman–Crippen MR) is 78.7 cm³/mol. The first-order valence-electron chi connectivity index (χ1n) is 7.77. The smallest absolute Gasteiger partial charge is 0.105 e. The monoisotopic (exact) mass is 281 g/mol. The van der Waals surface area contributed by atoms with Crippen molar-refractivity contribution < 1.29 is 14.3 Å². The summed E-state index contributed by atoms with van der Waals surface area (Å²) >= 11 is 0. The minimum Gasteiger partial charge on any atom is -0.469 e. The molecular formula is C16H27NO3. The van der Waals surface area contributed by atoms with E-state index >= 15 is 0 Å².